The summed E-state index contributed by atoms with van der Waals surface area (Å²) in [6, 6.07) is 3.00. The summed E-state index contributed by atoms with van der Waals surface area (Å²) in [5.74, 6) is 0. The highest BCUT2D eigenvalue weighted by atomic mass is 32.1. The SMILES string of the molecule is c1cc(CNC2CCCC2)cs1. The lowest BCUT2D eigenvalue weighted by molar-refractivity contribution is 0.525. The Morgan fingerprint density at radius 3 is 2.92 bits per heavy atom. The van der Waals surface area contributed by atoms with Gasteiger partial charge in [-0.05, 0) is 35.2 Å². The van der Waals surface area contributed by atoms with Crippen LogP contribution in [0.1, 0.15) is 31.2 Å². The van der Waals surface area contributed by atoms with Gasteiger partial charge in [0, 0.05) is 12.6 Å². The maximum atomic E-state index is 3.59. The molecule has 1 N–H and O–H groups in total. The zero-order valence-corrected chi connectivity index (χ0v) is 8.07. The van der Waals surface area contributed by atoms with Gasteiger partial charge in [-0.15, -0.1) is 0 Å². The van der Waals surface area contributed by atoms with Gasteiger partial charge >= 0.3 is 0 Å². The van der Waals surface area contributed by atoms with Gasteiger partial charge in [-0.25, -0.2) is 0 Å². The summed E-state index contributed by atoms with van der Waals surface area (Å²) in [6.07, 6.45) is 5.59. The molecule has 2 heteroatoms. The number of nitrogens with one attached hydrogen (secondary N) is 1. The Kier molecular flexibility index (Phi) is 2.79. The second-order valence-corrected chi connectivity index (χ2v) is 4.27. The molecule has 0 amide bonds. The van der Waals surface area contributed by atoms with Crippen LogP contribution in [0.3, 0.4) is 0 Å². The molecule has 12 heavy (non-hydrogen) atoms. The Morgan fingerprint density at radius 2 is 2.25 bits per heavy atom. The van der Waals surface area contributed by atoms with E-state index in [1.54, 1.807) is 11.3 Å². The van der Waals surface area contributed by atoms with E-state index in [2.05, 4.69) is 22.1 Å². The average molecular weight is 181 g/mol. The van der Waals surface area contributed by atoms with Crippen molar-refractivity contribution in [3.63, 3.8) is 0 Å². The van der Waals surface area contributed by atoms with Crippen LogP contribution in [0.2, 0.25) is 0 Å². The van der Waals surface area contributed by atoms with E-state index in [9.17, 15) is 0 Å². The highest BCUT2D eigenvalue weighted by Gasteiger charge is 2.13. The van der Waals surface area contributed by atoms with Crippen molar-refractivity contribution in [3.8, 4) is 0 Å². The maximum Gasteiger partial charge on any atom is 0.0216 e. The van der Waals surface area contributed by atoms with Crippen molar-refractivity contribution in [2.24, 2.45) is 0 Å². The third-order valence-electron chi connectivity index (χ3n) is 2.53. The molecule has 0 bridgehead atoms. The minimum atomic E-state index is 0.796. The van der Waals surface area contributed by atoms with Crippen molar-refractivity contribution in [2.45, 2.75) is 38.3 Å². The third-order valence-corrected chi connectivity index (χ3v) is 3.26. The molecule has 1 fully saturated rings. The number of hydrogen-bond donors (Lipinski definition) is 1. The highest BCUT2D eigenvalue weighted by Crippen LogP contribution is 2.18. The monoisotopic (exact) mass is 181 g/mol. The summed E-state index contributed by atoms with van der Waals surface area (Å²) in [7, 11) is 0. The first kappa shape index (κ1) is 8.27. The van der Waals surface area contributed by atoms with E-state index in [1.807, 2.05) is 0 Å². The van der Waals surface area contributed by atoms with E-state index in [4.69, 9.17) is 0 Å². The van der Waals surface area contributed by atoms with E-state index in [0.29, 0.717) is 0 Å². The van der Waals surface area contributed by atoms with Crippen LogP contribution in [0.15, 0.2) is 16.8 Å². The smallest absolute Gasteiger partial charge is 0.0216 e. The summed E-state index contributed by atoms with van der Waals surface area (Å²) in [4.78, 5) is 0. The molecule has 0 aromatic carbocycles. The van der Waals surface area contributed by atoms with Crippen molar-refractivity contribution in [1.29, 1.82) is 0 Å². The molecule has 0 atom stereocenters. The van der Waals surface area contributed by atoms with E-state index in [0.717, 1.165) is 12.6 Å². The Labute approximate surface area is 77.8 Å². The van der Waals surface area contributed by atoms with Crippen LogP contribution in [0.25, 0.3) is 0 Å². The van der Waals surface area contributed by atoms with Gasteiger partial charge < -0.3 is 5.32 Å². The standard InChI is InChI=1S/C10H15NS/c1-2-4-10(3-1)11-7-9-5-6-12-8-9/h5-6,8,10-11H,1-4,7H2. The van der Waals surface area contributed by atoms with Crippen molar-refractivity contribution >= 4 is 11.3 Å². The summed E-state index contributed by atoms with van der Waals surface area (Å²) < 4.78 is 0. The minimum Gasteiger partial charge on any atom is -0.310 e. The minimum absolute atomic E-state index is 0.796. The average Bonchev–Trinajstić information content (AvgIpc) is 2.74. The van der Waals surface area contributed by atoms with Gasteiger partial charge in [-0.2, -0.15) is 11.3 Å². The lowest BCUT2D eigenvalue weighted by Crippen LogP contribution is -2.24. The predicted molar refractivity (Wildman–Crippen MR) is 53.4 cm³/mol. The second-order valence-electron chi connectivity index (χ2n) is 3.49. The van der Waals surface area contributed by atoms with Gasteiger partial charge in [0.15, 0.2) is 0 Å². The Balaban J connectivity index is 1.74. The zero-order chi connectivity index (χ0) is 8.23. The third kappa shape index (κ3) is 2.08. The zero-order valence-electron chi connectivity index (χ0n) is 7.25. The van der Waals surface area contributed by atoms with Crippen LogP contribution in [0.5, 0.6) is 0 Å². The second kappa shape index (κ2) is 4.06. The molecule has 1 aliphatic rings. The van der Waals surface area contributed by atoms with E-state index in [-0.39, 0.29) is 0 Å². The molecule has 0 saturated heterocycles. The molecule has 1 heterocycles. The lowest BCUT2D eigenvalue weighted by Gasteiger charge is -2.09. The molecule has 1 nitrogen and oxygen atoms in total. The molecular formula is C10H15NS. The molecule has 2 rings (SSSR count). The van der Waals surface area contributed by atoms with Gasteiger partial charge in [0.25, 0.3) is 0 Å². The molecule has 0 spiro atoms. The van der Waals surface area contributed by atoms with Crippen LogP contribution < -0.4 is 5.32 Å². The first-order valence-electron chi connectivity index (χ1n) is 4.69. The molecular weight excluding hydrogens is 166 g/mol. The quantitative estimate of drug-likeness (QED) is 0.756. The maximum absolute atomic E-state index is 3.59. The van der Waals surface area contributed by atoms with Gasteiger partial charge in [-0.1, -0.05) is 12.8 Å². The van der Waals surface area contributed by atoms with Crippen LogP contribution in [-0.4, -0.2) is 6.04 Å². The topological polar surface area (TPSA) is 12.0 Å². The van der Waals surface area contributed by atoms with Crippen LogP contribution in [-0.2, 0) is 6.54 Å². The Bertz CT molecular complexity index is 212. The largest absolute Gasteiger partial charge is 0.310 e. The summed E-state index contributed by atoms with van der Waals surface area (Å²) >= 11 is 1.78. The van der Waals surface area contributed by atoms with Crippen LogP contribution in [0.4, 0.5) is 0 Å². The first-order valence-corrected chi connectivity index (χ1v) is 5.64. The molecule has 1 aliphatic carbocycles. The van der Waals surface area contributed by atoms with Crippen LogP contribution >= 0.6 is 11.3 Å². The van der Waals surface area contributed by atoms with Crippen molar-refractivity contribution in [3.05, 3.63) is 22.4 Å². The molecule has 66 valence electrons. The Hall–Kier alpha value is -0.340. The molecule has 1 aromatic heterocycles. The fourth-order valence-corrected chi connectivity index (χ4v) is 2.45. The fourth-order valence-electron chi connectivity index (χ4n) is 1.79. The van der Waals surface area contributed by atoms with E-state index < -0.39 is 0 Å². The number of thiophene rings is 1. The van der Waals surface area contributed by atoms with Crippen molar-refractivity contribution in [2.75, 3.05) is 0 Å². The van der Waals surface area contributed by atoms with Gasteiger partial charge in [0.2, 0.25) is 0 Å². The highest BCUT2D eigenvalue weighted by molar-refractivity contribution is 7.07. The van der Waals surface area contributed by atoms with Crippen LogP contribution in [0, 0.1) is 0 Å². The van der Waals surface area contributed by atoms with Gasteiger partial charge in [0.05, 0.1) is 0 Å². The van der Waals surface area contributed by atoms with E-state index >= 15 is 0 Å². The summed E-state index contributed by atoms with van der Waals surface area (Å²) in [5, 5.41) is 7.96. The van der Waals surface area contributed by atoms with Gasteiger partial charge in [-0.3, -0.25) is 0 Å². The van der Waals surface area contributed by atoms with Crippen molar-refractivity contribution in [1.82, 2.24) is 5.32 Å². The summed E-state index contributed by atoms with van der Waals surface area (Å²) in [6.45, 7) is 1.06. The van der Waals surface area contributed by atoms with Crippen molar-refractivity contribution < 1.29 is 0 Å². The molecule has 0 aliphatic heterocycles. The van der Waals surface area contributed by atoms with Gasteiger partial charge in [0.1, 0.15) is 0 Å². The number of rotatable bonds is 3. The molecule has 0 unspecified atom stereocenters. The van der Waals surface area contributed by atoms with E-state index in [1.165, 1.54) is 31.2 Å². The normalized spacial score (nSPS) is 18.7. The number of hydrogen-bond acceptors (Lipinski definition) is 2. The molecule has 1 saturated carbocycles. The molecule has 0 radical (unpaired) electrons. The lowest BCUT2D eigenvalue weighted by atomic mass is 10.2. The first-order chi connectivity index (χ1) is 5.95. The fraction of sp³-hybridized carbons (Fsp3) is 0.600. The molecule has 1 aromatic rings. The Morgan fingerprint density at radius 1 is 1.42 bits per heavy atom. The predicted octanol–water partition coefficient (Wildman–Crippen LogP) is 2.78. The summed E-state index contributed by atoms with van der Waals surface area (Å²) in [5.41, 5.74) is 1.44.